The molecule has 2 rings (SSSR count). The second kappa shape index (κ2) is 5.51. The lowest BCUT2D eigenvalue weighted by Gasteiger charge is -2.12. The van der Waals surface area contributed by atoms with Gasteiger partial charge in [-0.3, -0.25) is 0 Å². The molecule has 0 heterocycles. The summed E-state index contributed by atoms with van der Waals surface area (Å²) in [6, 6.07) is 5.98. The van der Waals surface area contributed by atoms with Crippen molar-refractivity contribution in [3.63, 3.8) is 0 Å². The summed E-state index contributed by atoms with van der Waals surface area (Å²) in [4.78, 5) is 0. The monoisotopic (exact) mass is 301 g/mol. The van der Waals surface area contributed by atoms with Crippen LogP contribution in [0, 0.1) is 5.82 Å². The van der Waals surface area contributed by atoms with Crippen molar-refractivity contribution in [2.75, 3.05) is 5.32 Å². The summed E-state index contributed by atoms with van der Waals surface area (Å²) < 4.78 is 51.1. The highest BCUT2D eigenvalue weighted by molar-refractivity contribution is 5.49. The van der Waals surface area contributed by atoms with E-state index in [1.807, 2.05) is 0 Å². The largest absolute Gasteiger partial charge is 0.504 e. The lowest BCUT2D eigenvalue weighted by Crippen LogP contribution is -2.08. The molecular formula is C14H11F4NO2. The van der Waals surface area contributed by atoms with Crippen LogP contribution in [0.3, 0.4) is 0 Å². The Morgan fingerprint density at radius 2 is 1.67 bits per heavy atom. The molecule has 7 heteroatoms. The van der Waals surface area contributed by atoms with E-state index in [4.69, 9.17) is 5.11 Å². The van der Waals surface area contributed by atoms with Gasteiger partial charge in [0.25, 0.3) is 0 Å². The standard InChI is InChI=1S/C14H11F4NO2/c15-10-3-2-9(14(16,17)18)6-11(10)19-7-8-1-4-12(20)13(21)5-8/h1-6,19-21H,7H2. The van der Waals surface area contributed by atoms with Gasteiger partial charge in [0, 0.05) is 6.54 Å². The van der Waals surface area contributed by atoms with Crippen LogP contribution in [-0.4, -0.2) is 10.2 Å². The van der Waals surface area contributed by atoms with Crippen molar-refractivity contribution in [1.82, 2.24) is 0 Å². The number of phenolic OH excluding ortho intramolecular Hbond substituents is 2. The second-order valence-electron chi connectivity index (χ2n) is 4.37. The third-order valence-electron chi connectivity index (χ3n) is 2.82. The summed E-state index contributed by atoms with van der Waals surface area (Å²) in [6.07, 6.45) is -4.55. The first-order chi connectivity index (χ1) is 9.77. The minimum Gasteiger partial charge on any atom is -0.504 e. The smallest absolute Gasteiger partial charge is 0.416 e. The van der Waals surface area contributed by atoms with Gasteiger partial charge in [-0.15, -0.1) is 0 Å². The fourth-order valence-corrected chi connectivity index (χ4v) is 1.71. The van der Waals surface area contributed by atoms with Crippen LogP contribution in [0.5, 0.6) is 11.5 Å². The summed E-state index contributed by atoms with van der Waals surface area (Å²) in [6.45, 7) is -0.00787. The molecule has 112 valence electrons. The SMILES string of the molecule is Oc1ccc(CNc2cc(C(F)(F)F)ccc2F)cc1O. The number of anilines is 1. The second-order valence-corrected chi connectivity index (χ2v) is 4.37. The Kier molecular flexibility index (Phi) is 3.93. The maximum atomic E-state index is 13.5. The van der Waals surface area contributed by atoms with Crippen molar-refractivity contribution in [2.24, 2.45) is 0 Å². The van der Waals surface area contributed by atoms with E-state index < -0.39 is 17.6 Å². The van der Waals surface area contributed by atoms with Gasteiger partial charge in [-0.05, 0) is 35.9 Å². The van der Waals surface area contributed by atoms with Gasteiger partial charge in [-0.2, -0.15) is 13.2 Å². The fourth-order valence-electron chi connectivity index (χ4n) is 1.71. The lowest BCUT2D eigenvalue weighted by molar-refractivity contribution is -0.137. The average Bonchev–Trinajstić information content (AvgIpc) is 2.40. The number of halogens is 4. The van der Waals surface area contributed by atoms with Gasteiger partial charge in [0.05, 0.1) is 11.3 Å². The van der Waals surface area contributed by atoms with Crippen LogP contribution in [0.1, 0.15) is 11.1 Å². The molecule has 0 aromatic heterocycles. The molecule has 3 N–H and O–H groups in total. The molecule has 2 aromatic rings. The molecule has 0 saturated heterocycles. The van der Waals surface area contributed by atoms with Gasteiger partial charge >= 0.3 is 6.18 Å². The zero-order valence-electron chi connectivity index (χ0n) is 10.6. The van der Waals surface area contributed by atoms with Gasteiger partial charge in [0.1, 0.15) is 5.82 Å². The molecule has 0 atom stereocenters. The summed E-state index contributed by atoms with van der Waals surface area (Å²) in [5, 5.41) is 21.0. The molecule has 0 bridgehead atoms. The zero-order valence-corrected chi connectivity index (χ0v) is 10.6. The molecule has 0 spiro atoms. The maximum Gasteiger partial charge on any atom is 0.416 e. The predicted molar refractivity (Wildman–Crippen MR) is 68.5 cm³/mol. The highest BCUT2D eigenvalue weighted by atomic mass is 19.4. The van der Waals surface area contributed by atoms with Gasteiger partial charge in [-0.1, -0.05) is 6.07 Å². The third kappa shape index (κ3) is 3.56. The normalized spacial score (nSPS) is 11.4. The topological polar surface area (TPSA) is 52.5 Å². The molecular weight excluding hydrogens is 290 g/mol. The van der Waals surface area contributed by atoms with E-state index in [0.29, 0.717) is 17.7 Å². The summed E-state index contributed by atoms with van der Waals surface area (Å²) in [7, 11) is 0. The van der Waals surface area contributed by atoms with Crippen LogP contribution < -0.4 is 5.32 Å². The summed E-state index contributed by atoms with van der Waals surface area (Å²) >= 11 is 0. The maximum absolute atomic E-state index is 13.5. The lowest BCUT2D eigenvalue weighted by atomic mass is 10.1. The quantitative estimate of drug-likeness (QED) is 0.596. The average molecular weight is 301 g/mol. The van der Waals surface area contributed by atoms with E-state index >= 15 is 0 Å². The molecule has 0 amide bonds. The first-order valence-electron chi connectivity index (χ1n) is 5.89. The van der Waals surface area contributed by atoms with Crippen LogP contribution in [0.2, 0.25) is 0 Å². The molecule has 21 heavy (non-hydrogen) atoms. The minimum atomic E-state index is -4.55. The van der Waals surface area contributed by atoms with Crippen LogP contribution in [0.25, 0.3) is 0 Å². The van der Waals surface area contributed by atoms with Crippen molar-refractivity contribution in [3.05, 3.63) is 53.3 Å². The highest BCUT2D eigenvalue weighted by Gasteiger charge is 2.31. The summed E-state index contributed by atoms with van der Waals surface area (Å²) in [5.74, 6) is -1.49. The van der Waals surface area contributed by atoms with Crippen molar-refractivity contribution in [1.29, 1.82) is 0 Å². The van der Waals surface area contributed by atoms with Crippen molar-refractivity contribution in [3.8, 4) is 11.5 Å². The van der Waals surface area contributed by atoms with E-state index in [1.54, 1.807) is 0 Å². The third-order valence-corrected chi connectivity index (χ3v) is 2.82. The molecule has 0 aliphatic heterocycles. The number of hydrogen-bond donors (Lipinski definition) is 3. The van der Waals surface area contributed by atoms with Crippen molar-refractivity contribution < 1.29 is 27.8 Å². The zero-order chi connectivity index (χ0) is 15.6. The van der Waals surface area contributed by atoms with Crippen LogP contribution >= 0.6 is 0 Å². The van der Waals surface area contributed by atoms with Gasteiger partial charge in [0.15, 0.2) is 11.5 Å². The molecule has 3 nitrogen and oxygen atoms in total. The molecule has 0 radical (unpaired) electrons. The number of phenols is 2. The first-order valence-corrected chi connectivity index (χ1v) is 5.89. The highest BCUT2D eigenvalue weighted by Crippen LogP contribution is 2.32. The minimum absolute atomic E-state index is 0.00787. The first kappa shape index (κ1) is 15.0. The number of hydrogen-bond acceptors (Lipinski definition) is 3. The molecule has 0 aliphatic carbocycles. The molecule has 0 saturated carbocycles. The Bertz CT molecular complexity index is 656. The molecule has 0 fully saturated rings. The van der Waals surface area contributed by atoms with Gasteiger partial charge in [0.2, 0.25) is 0 Å². The molecule has 0 unspecified atom stereocenters. The Hall–Kier alpha value is -2.44. The molecule has 2 aromatic carbocycles. The Morgan fingerprint density at radius 3 is 2.29 bits per heavy atom. The molecule has 0 aliphatic rings. The van der Waals surface area contributed by atoms with E-state index in [-0.39, 0.29) is 23.7 Å². The van der Waals surface area contributed by atoms with E-state index in [0.717, 1.165) is 6.07 Å². The van der Waals surface area contributed by atoms with Crippen molar-refractivity contribution in [2.45, 2.75) is 12.7 Å². The Balaban J connectivity index is 2.17. The number of rotatable bonds is 3. The van der Waals surface area contributed by atoms with Gasteiger partial charge < -0.3 is 15.5 Å². The van der Waals surface area contributed by atoms with E-state index in [9.17, 15) is 22.7 Å². The fraction of sp³-hybridized carbons (Fsp3) is 0.143. The van der Waals surface area contributed by atoms with E-state index in [1.165, 1.54) is 18.2 Å². The predicted octanol–water partition coefficient (Wildman–Crippen LogP) is 3.87. The van der Waals surface area contributed by atoms with Crippen LogP contribution in [0.15, 0.2) is 36.4 Å². The Labute approximate surface area is 117 Å². The number of nitrogens with one attached hydrogen (secondary N) is 1. The van der Waals surface area contributed by atoms with E-state index in [2.05, 4.69) is 5.32 Å². The van der Waals surface area contributed by atoms with Crippen molar-refractivity contribution >= 4 is 5.69 Å². The van der Waals surface area contributed by atoms with Crippen LogP contribution in [0.4, 0.5) is 23.2 Å². The summed E-state index contributed by atoms with van der Waals surface area (Å²) in [5.41, 5.74) is -0.778. The Morgan fingerprint density at radius 1 is 0.952 bits per heavy atom. The number of alkyl halides is 3. The van der Waals surface area contributed by atoms with Crippen LogP contribution in [-0.2, 0) is 12.7 Å². The number of aromatic hydroxyl groups is 2. The number of benzene rings is 2. The van der Waals surface area contributed by atoms with Gasteiger partial charge in [-0.25, -0.2) is 4.39 Å².